The molecule has 0 radical (unpaired) electrons. The summed E-state index contributed by atoms with van der Waals surface area (Å²) < 4.78 is 17.8. The molecule has 11 nitrogen and oxygen atoms in total. The molecule has 1 saturated heterocycles. The molecule has 2 heterocycles. The van der Waals surface area contributed by atoms with Crippen molar-refractivity contribution in [1.82, 2.24) is 15.0 Å². The number of hydrogen-bond donors (Lipinski definition) is 4. The number of aromatic nitrogens is 3. The van der Waals surface area contributed by atoms with E-state index in [1.54, 1.807) is 30.3 Å². The third kappa shape index (κ3) is 6.40. The molecule has 37 heavy (non-hydrogen) atoms. The number of carbonyl (C=O) groups is 1. The van der Waals surface area contributed by atoms with E-state index >= 15 is 0 Å². The van der Waals surface area contributed by atoms with E-state index in [2.05, 4.69) is 10.3 Å². The molecule has 5 atom stereocenters. The zero-order chi connectivity index (χ0) is 26.4. The summed E-state index contributed by atoms with van der Waals surface area (Å²) in [5.41, 5.74) is 1.80. The smallest absolute Gasteiger partial charge is 0.185 e. The van der Waals surface area contributed by atoms with Gasteiger partial charge >= 0.3 is 0 Å². The molecule has 0 saturated carbocycles. The Labute approximate surface area is 213 Å². The highest BCUT2D eigenvalue weighted by Gasteiger charge is 2.44. The maximum atomic E-state index is 12.5. The highest BCUT2D eigenvalue weighted by Crippen LogP contribution is 2.28. The fourth-order valence-electron chi connectivity index (χ4n) is 3.79. The number of aliphatic hydroxyl groups is 4. The maximum Gasteiger partial charge on any atom is 0.185 e. The van der Waals surface area contributed by atoms with Crippen LogP contribution in [0.25, 0.3) is 6.08 Å². The normalized spacial score (nSPS) is 23.8. The lowest BCUT2D eigenvalue weighted by atomic mass is 9.98. The molecule has 1 fully saturated rings. The lowest BCUT2D eigenvalue weighted by Crippen LogP contribution is -2.56. The second-order valence-electron chi connectivity index (χ2n) is 8.42. The summed E-state index contributed by atoms with van der Waals surface area (Å²) in [6, 6.07) is 14.1. The number of hydrogen-bond acceptors (Lipinski definition) is 10. The quantitative estimate of drug-likeness (QED) is 0.230. The van der Waals surface area contributed by atoms with Gasteiger partial charge in [-0.2, -0.15) is 0 Å². The molecule has 0 amide bonds. The van der Waals surface area contributed by atoms with Gasteiger partial charge in [-0.1, -0.05) is 23.4 Å². The molecule has 2 aromatic carbocycles. The van der Waals surface area contributed by atoms with Crippen molar-refractivity contribution in [2.75, 3.05) is 13.2 Å². The third-order valence-corrected chi connectivity index (χ3v) is 5.83. The molecule has 0 unspecified atom stereocenters. The Morgan fingerprint density at radius 3 is 2.35 bits per heavy atom. The second-order valence-corrected chi connectivity index (χ2v) is 8.42. The Bertz CT molecular complexity index is 1190. The molecule has 1 aromatic heterocycles. The highest BCUT2D eigenvalue weighted by atomic mass is 16.6. The first kappa shape index (κ1) is 26.5. The van der Waals surface area contributed by atoms with Crippen molar-refractivity contribution in [2.45, 2.75) is 44.2 Å². The summed E-state index contributed by atoms with van der Waals surface area (Å²) in [5, 5.41) is 47.3. The van der Waals surface area contributed by atoms with E-state index in [0.29, 0.717) is 23.6 Å². The van der Waals surface area contributed by atoms with E-state index in [1.165, 1.54) is 17.0 Å². The first-order valence-electron chi connectivity index (χ1n) is 11.8. The molecule has 3 aromatic rings. The van der Waals surface area contributed by atoms with Crippen molar-refractivity contribution in [3.05, 3.63) is 77.6 Å². The van der Waals surface area contributed by atoms with Gasteiger partial charge in [0.05, 0.1) is 19.4 Å². The Kier molecular flexibility index (Phi) is 8.64. The number of allylic oxidation sites excluding steroid dienone is 1. The van der Waals surface area contributed by atoms with Crippen LogP contribution in [0.1, 0.15) is 34.8 Å². The van der Waals surface area contributed by atoms with E-state index < -0.39 is 37.3 Å². The van der Waals surface area contributed by atoms with Gasteiger partial charge in [0, 0.05) is 5.56 Å². The van der Waals surface area contributed by atoms with Crippen LogP contribution in [0.4, 0.5) is 0 Å². The Morgan fingerprint density at radius 1 is 1.00 bits per heavy atom. The number of carbonyl (C=O) groups excluding carboxylic acids is 1. The average molecular weight is 512 g/mol. The van der Waals surface area contributed by atoms with Crippen LogP contribution in [0.15, 0.2) is 60.8 Å². The van der Waals surface area contributed by atoms with E-state index in [9.17, 15) is 25.2 Å². The summed E-state index contributed by atoms with van der Waals surface area (Å²) in [6.07, 6.45) is -1.93. The number of aliphatic hydroxyl groups excluding tert-OH is 4. The zero-order valence-corrected chi connectivity index (χ0v) is 20.1. The molecule has 0 spiro atoms. The SMILES string of the molecule is CCOc1ccc(/C=C/C(=O)c2ccc(OCc3cn([C@@H]4O[C@H](CO)[C@@H](O)[C@H](O)[C@H]4O)nn3)cc2)cc1. The van der Waals surface area contributed by atoms with Crippen molar-refractivity contribution in [1.29, 1.82) is 0 Å². The van der Waals surface area contributed by atoms with E-state index in [4.69, 9.17) is 14.2 Å². The molecule has 0 aliphatic carbocycles. The van der Waals surface area contributed by atoms with Crippen molar-refractivity contribution in [2.24, 2.45) is 0 Å². The van der Waals surface area contributed by atoms with Crippen molar-refractivity contribution >= 4 is 11.9 Å². The molecular weight excluding hydrogens is 482 g/mol. The summed E-state index contributed by atoms with van der Waals surface area (Å²) in [6.45, 7) is 2.02. The summed E-state index contributed by atoms with van der Waals surface area (Å²) in [7, 11) is 0. The van der Waals surface area contributed by atoms with Crippen LogP contribution in [0.2, 0.25) is 0 Å². The number of ether oxygens (including phenoxy) is 3. The standard InChI is InChI=1S/C26H29N3O8/c1-2-35-19-8-3-16(4-9-19)5-12-21(31)17-6-10-20(11-7-17)36-15-18-13-29(28-27-18)26-25(34)24(33)23(32)22(14-30)37-26/h3-13,22-26,30,32-34H,2,14-15H2,1H3/b12-5+/t22-,23-,24+,25-,26-/m1/s1. The Morgan fingerprint density at radius 2 is 1.68 bits per heavy atom. The van der Waals surface area contributed by atoms with E-state index in [1.807, 2.05) is 31.2 Å². The molecule has 1 aliphatic heterocycles. The Hall–Kier alpha value is -3.61. The first-order chi connectivity index (χ1) is 17.9. The zero-order valence-electron chi connectivity index (χ0n) is 20.1. The largest absolute Gasteiger partial charge is 0.494 e. The second kappa shape index (κ2) is 12.1. The summed E-state index contributed by atoms with van der Waals surface area (Å²) in [5.74, 6) is 1.13. The molecule has 0 bridgehead atoms. The van der Waals surface area contributed by atoms with Crippen LogP contribution in [0.5, 0.6) is 11.5 Å². The predicted molar refractivity (Wildman–Crippen MR) is 131 cm³/mol. The summed E-state index contributed by atoms with van der Waals surface area (Å²) in [4.78, 5) is 12.5. The lowest BCUT2D eigenvalue weighted by Gasteiger charge is -2.39. The minimum atomic E-state index is -1.52. The van der Waals surface area contributed by atoms with Gasteiger partial charge < -0.3 is 34.6 Å². The highest BCUT2D eigenvalue weighted by molar-refractivity contribution is 6.06. The van der Waals surface area contributed by atoms with Gasteiger partial charge in [0.15, 0.2) is 12.0 Å². The van der Waals surface area contributed by atoms with Crippen molar-refractivity contribution < 1.29 is 39.4 Å². The maximum absolute atomic E-state index is 12.5. The van der Waals surface area contributed by atoms with Gasteiger partial charge in [0.1, 0.15) is 48.2 Å². The molecule has 11 heteroatoms. The molecule has 1 aliphatic rings. The van der Waals surface area contributed by atoms with Gasteiger partial charge in [0.2, 0.25) is 0 Å². The van der Waals surface area contributed by atoms with Crippen molar-refractivity contribution in [3.63, 3.8) is 0 Å². The van der Waals surface area contributed by atoms with Gasteiger partial charge in [-0.05, 0) is 55.0 Å². The first-order valence-corrected chi connectivity index (χ1v) is 11.8. The average Bonchev–Trinajstić information content (AvgIpc) is 3.39. The van der Waals surface area contributed by atoms with Crippen LogP contribution in [-0.4, -0.2) is 78.8 Å². The Balaban J connectivity index is 1.31. The lowest BCUT2D eigenvalue weighted by molar-refractivity contribution is -0.254. The van der Waals surface area contributed by atoms with Crippen LogP contribution in [0, 0.1) is 0 Å². The van der Waals surface area contributed by atoms with E-state index in [-0.39, 0.29) is 12.4 Å². The minimum absolute atomic E-state index is 0.0440. The monoisotopic (exact) mass is 511 g/mol. The topological polar surface area (TPSA) is 156 Å². The number of nitrogens with zero attached hydrogens (tertiary/aromatic N) is 3. The number of ketones is 1. The van der Waals surface area contributed by atoms with Gasteiger partial charge in [-0.25, -0.2) is 4.68 Å². The molecule has 196 valence electrons. The fourth-order valence-corrected chi connectivity index (χ4v) is 3.79. The van der Waals surface area contributed by atoms with Crippen LogP contribution in [0.3, 0.4) is 0 Å². The van der Waals surface area contributed by atoms with Crippen LogP contribution >= 0.6 is 0 Å². The van der Waals surface area contributed by atoms with Gasteiger partial charge in [-0.15, -0.1) is 5.10 Å². The van der Waals surface area contributed by atoms with Crippen LogP contribution in [-0.2, 0) is 11.3 Å². The van der Waals surface area contributed by atoms with Gasteiger partial charge in [0.25, 0.3) is 0 Å². The molecular formula is C26H29N3O8. The molecule has 4 rings (SSSR count). The van der Waals surface area contributed by atoms with Crippen molar-refractivity contribution in [3.8, 4) is 11.5 Å². The van der Waals surface area contributed by atoms with Gasteiger partial charge in [-0.3, -0.25) is 4.79 Å². The summed E-state index contributed by atoms with van der Waals surface area (Å²) >= 11 is 0. The minimum Gasteiger partial charge on any atom is -0.494 e. The number of rotatable bonds is 10. The van der Waals surface area contributed by atoms with Crippen LogP contribution < -0.4 is 9.47 Å². The fraction of sp³-hybridized carbons (Fsp3) is 0.346. The molecule has 4 N–H and O–H groups in total. The van der Waals surface area contributed by atoms with E-state index in [0.717, 1.165) is 11.3 Å². The number of benzene rings is 2. The third-order valence-electron chi connectivity index (χ3n) is 5.83. The predicted octanol–water partition coefficient (Wildman–Crippen LogP) is 1.12.